The molecule has 1 atom stereocenters. The Balaban J connectivity index is 1.91. The van der Waals surface area contributed by atoms with Gasteiger partial charge in [-0.2, -0.15) is 13.3 Å². The van der Waals surface area contributed by atoms with Crippen LogP contribution in [0.5, 0.6) is 5.75 Å². The molecule has 2 heterocycles. The number of benzene rings is 1. The summed E-state index contributed by atoms with van der Waals surface area (Å²) in [7, 11) is 0. The molecule has 0 aliphatic rings. The van der Waals surface area contributed by atoms with Gasteiger partial charge in [0.05, 0.1) is 12.8 Å². The fraction of sp³-hybridized carbons (Fsp3) is 0.190. The Morgan fingerprint density at radius 1 is 1.21 bits per heavy atom. The second-order valence-corrected chi connectivity index (χ2v) is 6.65. The van der Waals surface area contributed by atoms with Crippen molar-refractivity contribution in [2.45, 2.75) is 26.1 Å². The van der Waals surface area contributed by atoms with Crippen LogP contribution in [0.1, 0.15) is 27.7 Å². The Labute approximate surface area is 172 Å². The molecule has 0 unspecified atom stereocenters. The minimum Gasteiger partial charge on any atom is -0.758 e. The molecule has 0 spiro atoms. The van der Waals surface area contributed by atoms with Crippen LogP contribution in [0, 0.1) is 6.92 Å². The van der Waals surface area contributed by atoms with Crippen molar-refractivity contribution in [2.24, 2.45) is 4.99 Å². The molecule has 3 aromatic rings. The lowest BCUT2D eigenvalue weighted by Crippen LogP contribution is -2.47. The van der Waals surface area contributed by atoms with Crippen LogP contribution in [0.4, 0.5) is 8.78 Å². The third kappa shape index (κ3) is 5.45. The highest BCUT2D eigenvalue weighted by Crippen LogP contribution is 2.18. The monoisotopic (exact) mass is 416 g/mol. The van der Waals surface area contributed by atoms with Gasteiger partial charge in [0.1, 0.15) is 11.5 Å². The van der Waals surface area contributed by atoms with Crippen LogP contribution in [-0.2, 0) is 19.2 Å². The summed E-state index contributed by atoms with van der Waals surface area (Å²) >= 11 is 5.46. The number of hydrogen-bond acceptors (Lipinski definition) is 5. The van der Waals surface area contributed by atoms with E-state index < -0.39 is 12.7 Å². The first-order valence-corrected chi connectivity index (χ1v) is 9.15. The van der Waals surface area contributed by atoms with Gasteiger partial charge in [0.25, 0.3) is 0 Å². The summed E-state index contributed by atoms with van der Waals surface area (Å²) in [6, 6.07) is 11.9. The van der Waals surface area contributed by atoms with Crippen LogP contribution >= 0.6 is 0 Å². The fourth-order valence-electron chi connectivity index (χ4n) is 2.75. The first-order chi connectivity index (χ1) is 13.9. The van der Waals surface area contributed by atoms with Gasteiger partial charge in [-0.1, -0.05) is 0 Å². The number of ether oxygens (including phenoxy) is 1. The van der Waals surface area contributed by atoms with E-state index in [1.54, 1.807) is 29.1 Å². The number of nitrogens with zero attached hydrogens (tertiary/aromatic N) is 2. The van der Waals surface area contributed by atoms with E-state index in [2.05, 4.69) is 9.73 Å². The standard InChI is InChI=1S/C21H18F2N2O3S/c1-14-4-2-10-25(13-14)18(20(29)24-12-17-5-3-11-27-17)19(26)15-6-8-16(9-7-15)28-21(22)23/h2-11,13,18,21H,12H2,1H3/t18-/m1/s1. The Morgan fingerprint density at radius 3 is 2.59 bits per heavy atom. The van der Waals surface area contributed by atoms with E-state index in [4.69, 9.17) is 17.0 Å². The minimum atomic E-state index is -2.93. The van der Waals surface area contributed by atoms with Gasteiger partial charge >= 0.3 is 6.61 Å². The molecule has 0 fully saturated rings. The smallest absolute Gasteiger partial charge is 0.387 e. The molecular weight excluding hydrogens is 398 g/mol. The molecule has 8 heteroatoms. The number of hydrogen-bond donors (Lipinski definition) is 0. The van der Waals surface area contributed by atoms with Crippen molar-refractivity contribution < 1.29 is 27.3 Å². The van der Waals surface area contributed by atoms with Crippen molar-refractivity contribution in [3.8, 4) is 5.75 Å². The number of pyridine rings is 1. The first-order valence-electron chi connectivity index (χ1n) is 8.74. The number of carbonyl (C=O) groups excluding carboxylic acids is 1. The second-order valence-electron chi connectivity index (χ2n) is 6.23. The molecule has 3 rings (SSSR count). The first kappa shape index (κ1) is 20.6. The van der Waals surface area contributed by atoms with E-state index in [0.717, 1.165) is 5.56 Å². The number of aromatic nitrogens is 1. The van der Waals surface area contributed by atoms with Crippen molar-refractivity contribution in [3.05, 3.63) is 84.1 Å². The van der Waals surface area contributed by atoms with E-state index in [-0.39, 0.29) is 23.1 Å². The van der Waals surface area contributed by atoms with Crippen LogP contribution in [0.25, 0.3) is 0 Å². The highest BCUT2D eigenvalue weighted by molar-refractivity contribution is 7.77. The van der Waals surface area contributed by atoms with Crippen LogP contribution in [-0.4, -0.2) is 17.4 Å². The molecule has 0 N–H and O–H groups in total. The Kier molecular flexibility index (Phi) is 6.66. The topological polar surface area (TPSA) is 55.7 Å². The molecule has 0 amide bonds. The molecule has 0 aliphatic heterocycles. The van der Waals surface area contributed by atoms with Crippen molar-refractivity contribution >= 4 is 23.5 Å². The molecule has 0 saturated carbocycles. The molecule has 2 aromatic heterocycles. The zero-order chi connectivity index (χ0) is 20.8. The fourth-order valence-corrected chi connectivity index (χ4v) is 3.05. The highest BCUT2D eigenvalue weighted by Gasteiger charge is 2.28. The molecular formula is C21H18F2N2O3S. The van der Waals surface area contributed by atoms with Crippen LogP contribution < -0.4 is 9.30 Å². The van der Waals surface area contributed by atoms with Crippen molar-refractivity contribution in [3.63, 3.8) is 0 Å². The van der Waals surface area contributed by atoms with Gasteiger partial charge in [-0.25, -0.2) is 0 Å². The second kappa shape index (κ2) is 9.38. The summed E-state index contributed by atoms with van der Waals surface area (Å²) in [6.45, 7) is -0.819. The third-order valence-corrected chi connectivity index (χ3v) is 4.44. The molecule has 0 radical (unpaired) electrons. The Morgan fingerprint density at radius 2 is 1.97 bits per heavy atom. The maximum Gasteiger partial charge on any atom is 0.387 e. The van der Waals surface area contributed by atoms with Gasteiger partial charge in [-0.05, 0) is 54.4 Å². The zero-order valence-electron chi connectivity index (χ0n) is 15.5. The largest absolute Gasteiger partial charge is 0.758 e. The van der Waals surface area contributed by atoms with Crippen molar-refractivity contribution in [1.82, 2.24) is 0 Å². The van der Waals surface area contributed by atoms with Crippen LogP contribution in [0.3, 0.4) is 0 Å². The predicted octanol–water partition coefficient (Wildman–Crippen LogP) is 4.05. The van der Waals surface area contributed by atoms with E-state index in [0.29, 0.717) is 11.3 Å². The van der Waals surface area contributed by atoms with Crippen molar-refractivity contribution in [2.75, 3.05) is 0 Å². The molecule has 0 aliphatic carbocycles. The molecule has 29 heavy (non-hydrogen) atoms. The summed E-state index contributed by atoms with van der Waals surface area (Å²) in [5.74, 6) is 0.292. The Bertz CT molecular complexity index is 989. The lowest BCUT2D eigenvalue weighted by atomic mass is 10.0. The molecule has 0 bridgehead atoms. The van der Waals surface area contributed by atoms with Crippen molar-refractivity contribution in [1.29, 1.82) is 0 Å². The summed E-state index contributed by atoms with van der Waals surface area (Å²) < 4.78 is 36.0. The number of Topliss-reactive ketones (excluding diaryl/α,β-unsaturated/α-hetero) is 1. The Hall–Kier alpha value is -3.13. The average molecular weight is 416 g/mol. The number of ketones is 1. The summed E-state index contributed by atoms with van der Waals surface area (Å²) in [6.07, 6.45) is 5.07. The van der Waals surface area contributed by atoms with Gasteiger partial charge in [-0.15, -0.1) is 0 Å². The number of alkyl halides is 2. The van der Waals surface area contributed by atoms with Gasteiger partial charge < -0.3 is 26.8 Å². The molecule has 1 aromatic carbocycles. The summed E-state index contributed by atoms with van der Waals surface area (Å²) in [4.78, 5) is 17.6. The summed E-state index contributed by atoms with van der Waals surface area (Å²) in [5, 5.41) is 0.190. The van der Waals surface area contributed by atoms with Gasteiger partial charge in [0.15, 0.2) is 12.4 Å². The number of carbonyl (C=O) groups is 1. The normalized spacial score (nSPS) is 12.8. The van der Waals surface area contributed by atoms with Crippen LogP contribution in [0.15, 0.2) is 76.6 Å². The number of furan rings is 1. The van der Waals surface area contributed by atoms with E-state index >= 15 is 0 Å². The van der Waals surface area contributed by atoms with Crippen LogP contribution in [0.2, 0.25) is 0 Å². The summed E-state index contributed by atoms with van der Waals surface area (Å²) in [5.41, 5.74) is 1.25. The van der Waals surface area contributed by atoms with E-state index in [1.807, 2.05) is 19.1 Å². The minimum absolute atomic E-state index is 0.0265. The molecule has 150 valence electrons. The maximum atomic E-state index is 13.2. The van der Waals surface area contributed by atoms with Gasteiger partial charge in [0, 0.05) is 17.2 Å². The van der Waals surface area contributed by atoms with E-state index in [9.17, 15) is 13.6 Å². The van der Waals surface area contributed by atoms with Gasteiger partial charge in [0.2, 0.25) is 11.8 Å². The lowest BCUT2D eigenvalue weighted by Gasteiger charge is -2.19. The number of aliphatic imine (C=N–C) groups is 1. The number of aryl methyl sites for hydroxylation is 1. The predicted molar refractivity (Wildman–Crippen MR) is 105 cm³/mol. The third-order valence-electron chi connectivity index (χ3n) is 4.09. The van der Waals surface area contributed by atoms with Gasteiger partial charge in [-0.3, -0.25) is 4.79 Å². The van der Waals surface area contributed by atoms with E-state index in [1.165, 1.54) is 30.5 Å². The zero-order valence-corrected chi connectivity index (χ0v) is 16.3. The maximum absolute atomic E-state index is 13.2. The highest BCUT2D eigenvalue weighted by atomic mass is 32.1. The molecule has 0 saturated heterocycles. The number of halogens is 2. The quantitative estimate of drug-likeness (QED) is 0.183. The molecule has 5 nitrogen and oxygen atoms in total. The lowest BCUT2D eigenvalue weighted by molar-refractivity contribution is -0.692. The SMILES string of the molecule is Cc1ccc[n+]([C@H](C(=O)c2ccc(OC(F)F)cc2)C([S-])=NCc2ccco2)c1. The number of rotatable bonds is 8. The average Bonchev–Trinajstić information content (AvgIpc) is 3.20.